The first-order chi connectivity index (χ1) is 13.1. The summed E-state index contributed by atoms with van der Waals surface area (Å²) in [4.78, 5) is 24.5. The Kier molecular flexibility index (Phi) is 3.61. The molecule has 0 N–H and O–H groups in total. The second-order valence-electron chi connectivity index (χ2n) is 7.98. The molecule has 5 heteroatoms. The lowest BCUT2D eigenvalue weighted by molar-refractivity contribution is 0.0634. The summed E-state index contributed by atoms with van der Waals surface area (Å²) < 4.78 is 5.83. The van der Waals surface area contributed by atoms with Crippen molar-refractivity contribution in [2.45, 2.75) is 44.9 Å². The third-order valence-electron chi connectivity index (χ3n) is 6.12. The summed E-state index contributed by atoms with van der Waals surface area (Å²) in [5.74, 6) is 1.71. The fourth-order valence-electron chi connectivity index (χ4n) is 4.86. The number of benzene rings is 1. The van der Waals surface area contributed by atoms with E-state index in [-0.39, 0.29) is 11.3 Å². The van der Waals surface area contributed by atoms with E-state index in [1.807, 2.05) is 49.2 Å². The molecule has 1 aromatic carbocycles. The van der Waals surface area contributed by atoms with Crippen LogP contribution in [0.5, 0.6) is 0 Å². The van der Waals surface area contributed by atoms with Gasteiger partial charge < -0.3 is 9.32 Å². The molecule has 3 heterocycles. The van der Waals surface area contributed by atoms with Crippen LogP contribution in [-0.2, 0) is 11.8 Å². The van der Waals surface area contributed by atoms with Crippen LogP contribution in [0.4, 0.5) is 0 Å². The van der Waals surface area contributed by atoms with Gasteiger partial charge in [-0.25, -0.2) is 9.97 Å². The van der Waals surface area contributed by atoms with Crippen molar-refractivity contribution in [3.8, 4) is 0 Å². The van der Waals surface area contributed by atoms with Crippen LogP contribution in [0.15, 0.2) is 34.9 Å². The topological polar surface area (TPSA) is 59.2 Å². The second-order valence-corrected chi connectivity index (χ2v) is 7.98. The number of likely N-dealkylation sites (tertiary alicyclic amines) is 1. The molecule has 0 bridgehead atoms. The molecule has 27 heavy (non-hydrogen) atoms. The third kappa shape index (κ3) is 2.56. The van der Waals surface area contributed by atoms with Crippen molar-refractivity contribution in [1.29, 1.82) is 0 Å². The number of nitrogens with zero attached hydrogens (tertiary/aromatic N) is 3. The number of carbonyl (C=O) groups excluding carboxylic acids is 1. The highest BCUT2D eigenvalue weighted by Gasteiger charge is 2.44. The molecule has 5 nitrogen and oxygen atoms in total. The molecule has 1 aliphatic heterocycles. The summed E-state index contributed by atoms with van der Waals surface area (Å²) >= 11 is 0. The molecule has 1 saturated heterocycles. The van der Waals surface area contributed by atoms with E-state index in [0.717, 1.165) is 55.7 Å². The molecule has 138 valence electrons. The molecule has 1 atom stereocenters. The van der Waals surface area contributed by atoms with Gasteiger partial charge in [0.15, 0.2) is 0 Å². The monoisotopic (exact) mass is 361 g/mol. The Morgan fingerprint density at radius 3 is 3.04 bits per heavy atom. The van der Waals surface area contributed by atoms with Crippen LogP contribution in [-0.4, -0.2) is 33.9 Å². The Hall–Kier alpha value is -2.69. The number of para-hydroxylation sites is 1. The summed E-state index contributed by atoms with van der Waals surface area (Å²) in [5.41, 5.74) is 3.75. The lowest BCUT2D eigenvalue weighted by Crippen LogP contribution is -2.48. The zero-order valence-electron chi connectivity index (χ0n) is 15.8. The van der Waals surface area contributed by atoms with Crippen LogP contribution in [0, 0.1) is 13.8 Å². The Labute approximate surface area is 158 Å². The SMILES string of the molecule is Cc1ncc2c(n1)C1(CCCN(C(=O)c3cccc4cc(C)oc34)C1)CC2. The highest BCUT2D eigenvalue weighted by molar-refractivity contribution is 6.05. The number of aryl methyl sites for hydroxylation is 3. The maximum atomic E-state index is 13.4. The van der Waals surface area contributed by atoms with E-state index in [1.54, 1.807) is 0 Å². The number of hydrogen-bond donors (Lipinski definition) is 0. The molecule has 3 aromatic rings. The molecule has 1 amide bonds. The fraction of sp³-hybridized carbons (Fsp3) is 0.409. The van der Waals surface area contributed by atoms with E-state index >= 15 is 0 Å². The van der Waals surface area contributed by atoms with E-state index in [4.69, 9.17) is 9.40 Å². The fourth-order valence-corrected chi connectivity index (χ4v) is 4.86. The van der Waals surface area contributed by atoms with Crippen molar-refractivity contribution in [3.63, 3.8) is 0 Å². The van der Waals surface area contributed by atoms with Crippen molar-refractivity contribution in [2.75, 3.05) is 13.1 Å². The molecule has 1 aliphatic carbocycles. The highest BCUT2D eigenvalue weighted by Crippen LogP contribution is 2.44. The average Bonchev–Trinajstić information content (AvgIpc) is 3.21. The van der Waals surface area contributed by atoms with Crippen LogP contribution in [0.2, 0.25) is 0 Å². The zero-order chi connectivity index (χ0) is 18.6. The Morgan fingerprint density at radius 2 is 2.15 bits per heavy atom. The predicted molar refractivity (Wildman–Crippen MR) is 103 cm³/mol. The Morgan fingerprint density at radius 1 is 1.26 bits per heavy atom. The summed E-state index contributed by atoms with van der Waals surface area (Å²) in [6.07, 6.45) is 6.12. The van der Waals surface area contributed by atoms with Gasteiger partial charge in [0.05, 0.1) is 11.3 Å². The second kappa shape index (κ2) is 5.91. The number of furan rings is 1. The van der Waals surface area contributed by atoms with Crippen molar-refractivity contribution < 1.29 is 9.21 Å². The molecule has 2 aromatic heterocycles. The number of hydrogen-bond acceptors (Lipinski definition) is 4. The van der Waals surface area contributed by atoms with Gasteiger partial charge in [-0.15, -0.1) is 0 Å². The molecule has 1 spiro atoms. The van der Waals surface area contributed by atoms with Crippen molar-refractivity contribution in [1.82, 2.24) is 14.9 Å². The van der Waals surface area contributed by atoms with E-state index in [0.29, 0.717) is 11.1 Å². The number of carbonyl (C=O) groups is 1. The largest absolute Gasteiger partial charge is 0.461 e. The molecular formula is C22H23N3O2. The van der Waals surface area contributed by atoms with Crippen molar-refractivity contribution in [3.05, 3.63) is 58.9 Å². The van der Waals surface area contributed by atoms with Crippen LogP contribution in [0.1, 0.15) is 52.5 Å². The van der Waals surface area contributed by atoms with Gasteiger partial charge in [-0.2, -0.15) is 0 Å². The van der Waals surface area contributed by atoms with E-state index in [2.05, 4.69) is 4.98 Å². The van der Waals surface area contributed by atoms with Gasteiger partial charge in [0, 0.05) is 30.1 Å². The summed E-state index contributed by atoms with van der Waals surface area (Å²) in [5, 5.41) is 0.986. The number of aromatic nitrogens is 2. The first-order valence-electron chi connectivity index (χ1n) is 9.67. The Balaban J connectivity index is 1.50. The van der Waals surface area contributed by atoms with Gasteiger partial charge in [0.25, 0.3) is 5.91 Å². The third-order valence-corrected chi connectivity index (χ3v) is 6.12. The summed E-state index contributed by atoms with van der Waals surface area (Å²) in [6, 6.07) is 7.79. The summed E-state index contributed by atoms with van der Waals surface area (Å²) in [7, 11) is 0. The maximum Gasteiger partial charge on any atom is 0.257 e. The molecular weight excluding hydrogens is 338 g/mol. The van der Waals surface area contributed by atoms with Gasteiger partial charge in [-0.3, -0.25) is 4.79 Å². The Bertz CT molecular complexity index is 1050. The molecule has 1 fully saturated rings. The van der Waals surface area contributed by atoms with Crippen molar-refractivity contribution >= 4 is 16.9 Å². The van der Waals surface area contributed by atoms with Gasteiger partial charge in [-0.05, 0) is 57.2 Å². The lowest BCUT2D eigenvalue weighted by atomic mass is 9.77. The van der Waals surface area contributed by atoms with Crippen LogP contribution >= 0.6 is 0 Å². The minimum atomic E-state index is -0.0239. The standard InChI is InChI=1S/C22H23N3O2/c1-14-11-16-5-3-6-18(19(16)27-14)21(26)25-10-4-8-22(13-25)9-7-17-12-23-15(2)24-20(17)22/h3,5-6,11-12H,4,7-10,13H2,1-2H3. The summed E-state index contributed by atoms with van der Waals surface area (Å²) in [6.45, 7) is 5.38. The van der Waals surface area contributed by atoms with Gasteiger partial charge in [-0.1, -0.05) is 12.1 Å². The van der Waals surface area contributed by atoms with Crippen LogP contribution < -0.4 is 0 Å². The maximum absolute atomic E-state index is 13.4. The first kappa shape index (κ1) is 16.5. The minimum absolute atomic E-state index is 0.0239. The van der Waals surface area contributed by atoms with E-state index in [9.17, 15) is 4.79 Å². The number of piperidine rings is 1. The minimum Gasteiger partial charge on any atom is -0.461 e. The first-order valence-corrected chi connectivity index (χ1v) is 9.67. The number of amides is 1. The zero-order valence-corrected chi connectivity index (χ0v) is 15.8. The van der Waals surface area contributed by atoms with Gasteiger partial charge in [0.1, 0.15) is 17.2 Å². The van der Waals surface area contributed by atoms with E-state index < -0.39 is 0 Å². The molecule has 5 rings (SSSR count). The number of fused-ring (bicyclic) bond motifs is 3. The molecule has 2 aliphatic rings. The molecule has 0 saturated carbocycles. The smallest absolute Gasteiger partial charge is 0.257 e. The van der Waals surface area contributed by atoms with E-state index in [1.165, 1.54) is 11.3 Å². The van der Waals surface area contributed by atoms with Gasteiger partial charge >= 0.3 is 0 Å². The van der Waals surface area contributed by atoms with Crippen molar-refractivity contribution in [2.24, 2.45) is 0 Å². The molecule has 0 radical (unpaired) electrons. The van der Waals surface area contributed by atoms with Gasteiger partial charge in [0.2, 0.25) is 0 Å². The quantitative estimate of drug-likeness (QED) is 0.658. The molecule has 1 unspecified atom stereocenters. The van der Waals surface area contributed by atoms with Crippen LogP contribution in [0.3, 0.4) is 0 Å². The van der Waals surface area contributed by atoms with Crippen LogP contribution in [0.25, 0.3) is 11.0 Å². The normalized spacial score (nSPS) is 21.8. The average molecular weight is 361 g/mol. The highest BCUT2D eigenvalue weighted by atomic mass is 16.3. The lowest BCUT2D eigenvalue weighted by Gasteiger charge is -2.40. The number of rotatable bonds is 1. The predicted octanol–water partition coefficient (Wildman–Crippen LogP) is 3.96.